The lowest BCUT2D eigenvalue weighted by Gasteiger charge is -2.21. The molecule has 20 heavy (non-hydrogen) atoms. The van der Waals surface area contributed by atoms with Gasteiger partial charge in [0.05, 0.1) is 6.10 Å². The molecule has 0 spiro atoms. The van der Waals surface area contributed by atoms with Gasteiger partial charge in [0.1, 0.15) is 11.7 Å². The average molecular weight is 273 g/mol. The molecule has 1 aromatic carbocycles. The van der Waals surface area contributed by atoms with E-state index in [9.17, 15) is 14.7 Å². The minimum Gasteiger partial charge on any atom is -0.391 e. The number of hydrogen-bond acceptors (Lipinski definition) is 3. The number of hydrogen-bond donors (Lipinski definition) is 3. The number of β-amino-alcohol motifs (C(OH)–C–C–N with tert-alkyl or cyclic N) is 1. The number of H-pyrrole nitrogens is 1. The number of nitrogens with zero attached hydrogens (tertiary/aromatic N) is 1. The van der Waals surface area contributed by atoms with E-state index in [0.29, 0.717) is 5.69 Å². The first-order valence-electron chi connectivity index (χ1n) is 6.42. The van der Waals surface area contributed by atoms with Crippen molar-refractivity contribution in [2.45, 2.75) is 18.6 Å². The van der Waals surface area contributed by atoms with E-state index in [1.807, 2.05) is 24.3 Å². The molecule has 4 N–H and O–H groups in total. The molecular formula is C14H15N3O3. The van der Waals surface area contributed by atoms with Crippen LogP contribution in [-0.4, -0.2) is 45.5 Å². The zero-order valence-electron chi connectivity index (χ0n) is 10.7. The minimum absolute atomic E-state index is 0.127. The van der Waals surface area contributed by atoms with Gasteiger partial charge in [-0.2, -0.15) is 0 Å². The lowest BCUT2D eigenvalue weighted by molar-refractivity contribution is -0.121. The second kappa shape index (κ2) is 4.64. The van der Waals surface area contributed by atoms with Gasteiger partial charge in [-0.3, -0.25) is 9.59 Å². The van der Waals surface area contributed by atoms with E-state index < -0.39 is 18.1 Å². The number of rotatable bonds is 2. The SMILES string of the molecule is NC(=O)C1CC(O)CN1C(=O)c1cc2ccccc2[nH]1. The van der Waals surface area contributed by atoms with E-state index in [4.69, 9.17) is 5.73 Å². The van der Waals surface area contributed by atoms with Crippen LogP contribution in [0.1, 0.15) is 16.9 Å². The van der Waals surface area contributed by atoms with E-state index in [2.05, 4.69) is 4.98 Å². The molecule has 2 atom stereocenters. The fourth-order valence-corrected chi connectivity index (χ4v) is 2.65. The summed E-state index contributed by atoms with van der Waals surface area (Å²) < 4.78 is 0. The number of likely N-dealkylation sites (tertiary alicyclic amines) is 1. The largest absolute Gasteiger partial charge is 0.391 e. The Hall–Kier alpha value is -2.34. The topological polar surface area (TPSA) is 99.4 Å². The average Bonchev–Trinajstić information content (AvgIpc) is 3.01. The van der Waals surface area contributed by atoms with Crippen LogP contribution in [0.2, 0.25) is 0 Å². The van der Waals surface area contributed by atoms with E-state index in [1.54, 1.807) is 6.07 Å². The Morgan fingerprint density at radius 1 is 1.35 bits per heavy atom. The highest BCUT2D eigenvalue weighted by molar-refractivity contribution is 6.00. The third-order valence-electron chi connectivity index (χ3n) is 3.63. The maximum atomic E-state index is 12.5. The number of aromatic amines is 1. The van der Waals surface area contributed by atoms with Gasteiger partial charge in [0.25, 0.3) is 5.91 Å². The molecule has 0 radical (unpaired) electrons. The quantitative estimate of drug-likeness (QED) is 0.730. The van der Waals surface area contributed by atoms with Gasteiger partial charge in [0, 0.05) is 23.9 Å². The fourth-order valence-electron chi connectivity index (χ4n) is 2.65. The van der Waals surface area contributed by atoms with E-state index in [0.717, 1.165) is 10.9 Å². The van der Waals surface area contributed by atoms with Crippen LogP contribution in [0.3, 0.4) is 0 Å². The van der Waals surface area contributed by atoms with Gasteiger partial charge in [-0.25, -0.2) is 0 Å². The van der Waals surface area contributed by atoms with Gasteiger partial charge in [-0.15, -0.1) is 0 Å². The molecule has 6 nitrogen and oxygen atoms in total. The Balaban J connectivity index is 1.93. The molecule has 1 aliphatic rings. The summed E-state index contributed by atoms with van der Waals surface area (Å²) in [4.78, 5) is 28.2. The summed E-state index contributed by atoms with van der Waals surface area (Å²) in [5, 5.41) is 10.6. The van der Waals surface area contributed by atoms with Crippen molar-refractivity contribution in [3.63, 3.8) is 0 Å². The molecule has 6 heteroatoms. The number of carbonyl (C=O) groups is 2. The predicted molar refractivity (Wildman–Crippen MR) is 72.9 cm³/mol. The number of nitrogens with one attached hydrogen (secondary N) is 1. The van der Waals surface area contributed by atoms with Crippen molar-refractivity contribution in [1.29, 1.82) is 0 Å². The number of aliphatic hydroxyl groups is 1. The van der Waals surface area contributed by atoms with Crippen LogP contribution < -0.4 is 5.73 Å². The molecule has 2 heterocycles. The zero-order valence-corrected chi connectivity index (χ0v) is 10.7. The van der Waals surface area contributed by atoms with Gasteiger partial charge in [0.15, 0.2) is 0 Å². The molecule has 1 saturated heterocycles. The Morgan fingerprint density at radius 3 is 2.80 bits per heavy atom. The molecule has 0 bridgehead atoms. The smallest absolute Gasteiger partial charge is 0.271 e. The molecule has 104 valence electrons. The number of fused-ring (bicyclic) bond motifs is 1. The van der Waals surface area contributed by atoms with Crippen molar-refractivity contribution in [3.8, 4) is 0 Å². The number of benzene rings is 1. The summed E-state index contributed by atoms with van der Waals surface area (Å²) in [5.74, 6) is -0.910. The zero-order chi connectivity index (χ0) is 14.3. The van der Waals surface area contributed by atoms with Crippen molar-refractivity contribution < 1.29 is 14.7 Å². The van der Waals surface area contributed by atoms with Crippen molar-refractivity contribution in [2.75, 3.05) is 6.54 Å². The van der Waals surface area contributed by atoms with E-state index in [1.165, 1.54) is 4.90 Å². The molecule has 1 fully saturated rings. The van der Waals surface area contributed by atoms with Crippen LogP contribution in [-0.2, 0) is 4.79 Å². The van der Waals surface area contributed by atoms with Crippen molar-refractivity contribution >= 4 is 22.7 Å². The molecule has 3 rings (SSSR count). The Morgan fingerprint density at radius 2 is 2.10 bits per heavy atom. The van der Waals surface area contributed by atoms with Crippen LogP contribution in [0.4, 0.5) is 0 Å². The monoisotopic (exact) mass is 273 g/mol. The second-order valence-electron chi connectivity index (χ2n) is 5.04. The maximum Gasteiger partial charge on any atom is 0.271 e. The fraction of sp³-hybridized carbons (Fsp3) is 0.286. The molecule has 0 saturated carbocycles. The summed E-state index contributed by atoms with van der Waals surface area (Å²) in [6, 6.07) is 8.52. The lowest BCUT2D eigenvalue weighted by atomic mass is 10.2. The number of aromatic nitrogens is 1. The number of primary amides is 1. The van der Waals surface area contributed by atoms with Crippen molar-refractivity contribution in [1.82, 2.24) is 9.88 Å². The highest BCUT2D eigenvalue weighted by Gasteiger charge is 2.38. The maximum absolute atomic E-state index is 12.5. The minimum atomic E-state index is -0.746. The van der Waals surface area contributed by atoms with E-state index in [-0.39, 0.29) is 18.9 Å². The first kappa shape index (κ1) is 12.7. The molecule has 2 unspecified atom stereocenters. The van der Waals surface area contributed by atoms with E-state index >= 15 is 0 Å². The van der Waals surface area contributed by atoms with Crippen molar-refractivity contribution in [3.05, 3.63) is 36.0 Å². The van der Waals surface area contributed by atoms with Gasteiger partial charge in [0.2, 0.25) is 5.91 Å². The highest BCUT2D eigenvalue weighted by Crippen LogP contribution is 2.22. The van der Waals surface area contributed by atoms with Crippen LogP contribution in [0, 0.1) is 0 Å². The number of nitrogens with two attached hydrogens (primary N) is 1. The third-order valence-corrected chi connectivity index (χ3v) is 3.63. The summed E-state index contributed by atoms with van der Waals surface area (Å²) in [5.41, 5.74) is 6.54. The number of para-hydroxylation sites is 1. The van der Waals surface area contributed by atoms with Crippen LogP contribution in [0.5, 0.6) is 0 Å². The Bertz CT molecular complexity index is 646. The molecule has 2 amide bonds. The number of aliphatic hydroxyl groups excluding tert-OH is 1. The Kier molecular flexibility index (Phi) is 2.94. The first-order chi connectivity index (χ1) is 9.56. The molecular weight excluding hydrogens is 258 g/mol. The number of carbonyl (C=O) groups excluding carboxylic acids is 2. The standard InChI is InChI=1S/C14H15N3O3/c15-13(19)12-6-9(18)7-17(12)14(20)11-5-8-3-1-2-4-10(8)16-11/h1-5,9,12,16,18H,6-7H2,(H2,15,19). The van der Waals surface area contributed by atoms with Crippen LogP contribution in [0.15, 0.2) is 30.3 Å². The predicted octanol–water partition coefficient (Wildman–Crippen LogP) is 0.229. The van der Waals surface area contributed by atoms with Gasteiger partial charge in [-0.05, 0) is 12.1 Å². The van der Waals surface area contributed by atoms with Gasteiger partial charge >= 0.3 is 0 Å². The van der Waals surface area contributed by atoms with Crippen LogP contribution >= 0.6 is 0 Å². The first-order valence-corrected chi connectivity index (χ1v) is 6.42. The molecule has 2 aromatic rings. The Labute approximate surface area is 115 Å². The highest BCUT2D eigenvalue weighted by atomic mass is 16.3. The van der Waals surface area contributed by atoms with Crippen molar-refractivity contribution in [2.24, 2.45) is 5.73 Å². The summed E-state index contributed by atoms with van der Waals surface area (Å²) in [7, 11) is 0. The van der Waals surface area contributed by atoms with Gasteiger partial charge in [-0.1, -0.05) is 18.2 Å². The summed E-state index contributed by atoms with van der Waals surface area (Å²) in [6.45, 7) is 0.127. The third kappa shape index (κ3) is 2.04. The summed E-state index contributed by atoms with van der Waals surface area (Å²) >= 11 is 0. The molecule has 0 aliphatic carbocycles. The number of amides is 2. The van der Waals surface area contributed by atoms with Crippen LogP contribution in [0.25, 0.3) is 10.9 Å². The second-order valence-corrected chi connectivity index (χ2v) is 5.04. The summed E-state index contributed by atoms with van der Waals surface area (Å²) in [6.07, 6.45) is -0.512. The van der Waals surface area contributed by atoms with Gasteiger partial charge < -0.3 is 20.7 Å². The normalized spacial score (nSPS) is 22.4. The molecule has 1 aliphatic heterocycles. The molecule has 1 aromatic heterocycles. The lowest BCUT2D eigenvalue weighted by Crippen LogP contribution is -2.43.